The molecule has 0 aromatic heterocycles. The van der Waals surface area contributed by atoms with Crippen molar-refractivity contribution in [3.8, 4) is 0 Å². The van der Waals surface area contributed by atoms with Gasteiger partial charge in [-0.3, -0.25) is 0 Å². The molecule has 0 aliphatic carbocycles. The van der Waals surface area contributed by atoms with Gasteiger partial charge in [-0.1, -0.05) is 0 Å². The second kappa shape index (κ2) is 5.03. The van der Waals surface area contributed by atoms with Gasteiger partial charge in [0.05, 0.1) is 6.61 Å². The van der Waals surface area contributed by atoms with E-state index in [9.17, 15) is 0 Å². The Hall–Kier alpha value is -0.120. The van der Waals surface area contributed by atoms with Crippen LogP contribution in [0.4, 0.5) is 0 Å². The topological polar surface area (TPSA) is 49.7 Å². The van der Waals surface area contributed by atoms with Crippen LogP contribution in [-0.2, 0) is 4.74 Å². The van der Waals surface area contributed by atoms with Crippen LogP contribution in [0, 0.1) is 6.61 Å². The molecule has 0 fully saturated rings. The quantitative estimate of drug-likeness (QED) is 0.544. The molecule has 8 heavy (non-hydrogen) atoms. The average molecular weight is 119 g/mol. The van der Waals surface area contributed by atoms with Crippen LogP contribution < -0.4 is 0 Å². The van der Waals surface area contributed by atoms with E-state index in [1.807, 2.05) is 0 Å². The fourth-order valence-corrected chi connectivity index (χ4v) is 0.357. The summed E-state index contributed by atoms with van der Waals surface area (Å²) in [6.45, 7) is 2.97. The van der Waals surface area contributed by atoms with Crippen LogP contribution in [0.2, 0.25) is 0 Å². The van der Waals surface area contributed by atoms with Crippen molar-refractivity contribution in [2.24, 2.45) is 0 Å². The third-order valence-electron chi connectivity index (χ3n) is 0.727. The molecule has 0 aromatic carbocycles. The minimum atomic E-state index is -0.514. The van der Waals surface area contributed by atoms with Gasteiger partial charge in [0.2, 0.25) is 0 Å². The lowest BCUT2D eigenvalue weighted by Gasteiger charge is -2.08. The van der Waals surface area contributed by atoms with E-state index in [1.165, 1.54) is 0 Å². The van der Waals surface area contributed by atoms with Gasteiger partial charge >= 0.3 is 0 Å². The summed E-state index contributed by atoms with van der Waals surface area (Å²) in [6.07, 6.45) is -0.514. The third-order valence-corrected chi connectivity index (χ3v) is 0.727. The molecule has 0 saturated carbocycles. The van der Waals surface area contributed by atoms with E-state index >= 15 is 0 Å². The minimum absolute atomic E-state index is 0.162. The maximum absolute atomic E-state index is 8.34. The lowest BCUT2D eigenvalue weighted by atomic mass is 10.4. The van der Waals surface area contributed by atoms with Crippen molar-refractivity contribution in [1.29, 1.82) is 0 Å². The molecule has 0 bridgehead atoms. The Morgan fingerprint density at radius 2 is 2.38 bits per heavy atom. The molecule has 1 radical (unpaired) electrons. The standard InChI is InChI=1S/C5H11O3/c1-2-8-5(3-6)4-7/h3,5-7H,2,4H2,1H3. The highest BCUT2D eigenvalue weighted by Crippen LogP contribution is 1.90. The molecule has 0 aliphatic heterocycles. The molecule has 49 valence electrons. The summed E-state index contributed by atoms with van der Waals surface area (Å²) in [6, 6.07) is 0. The van der Waals surface area contributed by atoms with Gasteiger partial charge < -0.3 is 14.9 Å². The Bertz CT molecular complexity index is 42.9. The molecule has 0 amide bonds. The zero-order chi connectivity index (χ0) is 6.41. The summed E-state index contributed by atoms with van der Waals surface area (Å²) in [4.78, 5) is 0. The summed E-state index contributed by atoms with van der Waals surface area (Å²) in [5, 5.41) is 16.6. The number of rotatable bonds is 4. The number of aliphatic hydroxyl groups excluding tert-OH is 2. The van der Waals surface area contributed by atoms with Crippen LogP contribution in [0.15, 0.2) is 0 Å². The number of aliphatic hydroxyl groups is 2. The molecule has 1 atom stereocenters. The first-order chi connectivity index (χ1) is 3.85. The molecule has 0 rings (SSSR count). The first kappa shape index (κ1) is 7.88. The second-order valence-electron chi connectivity index (χ2n) is 1.33. The highest BCUT2D eigenvalue weighted by Gasteiger charge is 2.02. The van der Waals surface area contributed by atoms with Crippen LogP contribution in [0.1, 0.15) is 6.92 Å². The zero-order valence-electron chi connectivity index (χ0n) is 4.87. The summed E-state index contributed by atoms with van der Waals surface area (Å²) >= 11 is 0. The van der Waals surface area contributed by atoms with Crippen molar-refractivity contribution in [2.75, 3.05) is 13.2 Å². The fourth-order valence-electron chi connectivity index (χ4n) is 0.357. The first-order valence-corrected chi connectivity index (χ1v) is 2.55. The molecule has 2 N–H and O–H groups in total. The highest BCUT2D eigenvalue weighted by atomic mass is 16.5. The van der Waals surface area contributed by atoms with E-state index < -0.39 is 6.10 Å². The molecule has 0 aromatic rings. The fraction of sp³-hybridized carbons (Fsp3) is 0.800. The SMILES string of the molecule is CCOC([CH]O)CO. The molecular weight excluding hydrogens is 108 g/mol. The zero-order valence-corrected chi connectivity index (χ0v) is 4.87. The summed E-state index contributed by atoms with van der Waals surface area (Å²) in [7, 11) is 0. The van der Waals surface area contributed by atoms with Gasteiger partial charge in [0.1, 0.15) is 12.7 Å². The van der Waals surface area contributed by atoms with E-state index in [0.717, 1.165) is 6.61 Å². The van der Waals surface area contributed by atoms with E-state index in [2.05, 4.69) is 0 Å². The van der Waals surface area contributed by atoms with E-state index in [1.54, 1.807) is 6.92 Å². The van der Waals surface area contributed by atoms with Gasteiger partial charge in [0.25, 0.3) is 0 Å². The van der Waals surface area contributed by atoms with E-state index in [4.69, 9.17) is 14.9 Å². The summed E-state index contributed by atoms with van der Waals surface area (Å²) in [5.74, 6) is 0. The Labute approximate surface area is 48.9 Å². The van der Waals surface area contributed by atoms with Crippen LogP contribution >= 0.6 is 0 Å². The highest BCUT2D eigenvalue weighted by molar-refractivity contribution is 4.62. The molecular formula is C5H11O3. The Morgan fingerprint density at radius 1 is 1.75 bits per heavy atom. The van der Waals surface area contributed by atoms with E-state index in [0.29, 0.717) is 6.61 Å². The van der Waals surface area contributed by atoms with Crippen molar-refractivity contribution in [3.63, 3.8) is 0 Å². The van der Waals surface area contributed by atoms with Crippen molar-refractivity contribution < 1.29 is 14.9 Å². The first-order valence-electron chi connectivity index (χ1n) is 2.55. The molecule has 3 nitrogen and oxygen atoms in total. The number of ether oxygens (including phenoxy) is 1. The van der Waals surface area contributed by atoms with Crippen LogP contribution in [0.5, 0.6) is 0 Å². The van der Waals surface area contributed by atoms with Crippen LogP contribution in [0.25, 0.3) is 0 Å². The van der Waals surface area contributed by atoms with Crippen LogP contribution in [-0.4, -0.2) is 29.5 Å². The summed E-state index contributed by atoms with van der Waals surface area (Å²) in [5.41, 5.74) is 0. The predicted molar refractivity (Wildman–Crippen MR) is 28.7 cm³/mol. The lowest BCUT2D eigenvalue weighted by Crippen LogP contribution is -2.17. The molecule has 3 heteroatoms. The maximum atomic E-state index is 8.34. The van der Waals surface area contributed by atoms with Crippen molar-refractivity contribution in [2.45, 2.75) is 13.0 Å². The van der Waals surface area contributed by atoms with Gasteiger partial charge in [0, 0.05) is 6.61 Å². The Morgan fingerprint density at radius 3 is 2.50 bits per heavy atom. The molecule has 0 saturated heterocycles. The Kier molecular flexibility index (Phi) is 4.95. The lowest BCUT2D eigenvalue weighted by molar-refractivity contribution is 0.0140. The van der Waals surface area contributed by atoms with Gasteiger partial charge in [-0.25, -0.2) is 0 Å². The van der Waals surface area contributed by atoms with Crippen molar-refractivity contribution in [3.05, 3.63) is 6.61 Å². The average Bonchev–Trinajstić information content (AvgIpc) is 1.83. The number of hydrogen-bond donors (Lipinski definition) is 2. The molecule has 0 heterocycles. The van der Waals surface area contributed by atoms with Crippen molar-refractivity contribution in [1.82, 2.24) is 0 Å². The maximum Gasteiger partial charge on any atom is 0.111 e. The van der Waals surface area contributed by atoms with Gasteiger partial charge in [-0.05, 0) is 6.92 Å². The Balaban J connectivity index is 3.07. The normalized spacial score (nSPS) is 10.5. The predicted octanol–water partition coefficient (Wildman–Crippen LogP) is -0.0819. The van der Waals surface area contributed by atoms with Gasteiger partial charge in [0.15, 0.2) is 0 Å². The second-order valence-corrected chi connectivity index (χ2v) is 1.33. The van der Waals surface area contributed by atoms with Gasteiger partial charge in [-0.2, -0.15) is 0 Å². The van der Waals surface area contributed by atoms with Gasteiger partial charge in [-0.15, -0.1) is 0 Å². The molecule has 0 aliphatic rings. The molecule has 1 unspecified atom stereocenters. The largest absolute Gasteiger partial charge is 0.394 e. The summed E-state index contributed by atoms with van der Waals surface area (Å²) < 4.78 is 4.78. The smallest absolute Gasteiger partial charge is 0.111 e. The van der Waals surface area contributed by atoms with Crippen LogP contribution in [0.3, 0.4) is 0 Å². The molecule has 0 spiro atoms. The monoisotopic (exact) mass is 119 g/mol. The minimum Gasteiger partial charge on any atom is -0.394 e. The van der Waals surface area contributed by atoms with E-state index in [-0.39, 0.29) is 6.61 Å². The number of hydrogen-bond acceptors (Lipinski definition) is 3. The third kappa shape index (κ3) is 2.96. The van der Waals surface area contributed by atoms with Crippen molar-refractivity contribution >= 4 is 0 Å².